The third-order valence-corrected chi connectivity index (χ3v) is 5.21. The van der Waals surface area contributed by atoms with Crippen LogP contribution in [0.2, 0.25) is 0 Å². The molecule has 1 aliphatic heterocycles. The second-order valence-corrected chi connectivity index (χ2v) is 8.11. The fourth-order valence-corrected chi connectivity index (χ4v) is 3.93. The molecule has 0 aliphatic carbocycles. The van der Waals surface area contributed by atoms with Gasteiger partial charge in [-0.3, -0.25) is 15.4 Å². The number of aryl methyl sites for hydroxylation is 1. The largest absolute Gasteiger partial charge is 0.482 e. The van der Waals surface area contributed by atoms with Crippen LogP contribution in [0.1, 0.15) is 27.0 Å². The topological polar surface area (TPSA) is 119 Å². The minimum Gasteiger partial charge on any atom is -0.482 e. The van der Waals surface area contributed by atoms with Gasteiger partial charge in [-0.2, -0.15) is 0 Å². The highest BCUT2D eigenvalue weighted by atomic mass is 127. The summed E-state index contributed by atoms with van der Waals surface area (Å²) >= 11 is 2.33. The van der Waals surface area contributed by atoms with E-state index in [-0.39, 0.29) is 16.4 Å². The first-order valence-corrected chi connectivity index (χ1v) is 9.91. The van der Waals surface area contributed by atoms with Gasteiger partial charge in [-0.25, -0.2) is 0 Å². The molecule has 0 bridgehead atoms. The first kappa shape index (κ1) is 20.2. The van der Waals surface area contributed by atoms with Crippen molar-refractivity contribution in [2.24, 2.45) is 11.6 Å². The first-order chi connectivity index (χ1) is 13.4. The van der Waals surface area contributed by atoms with E-state index in [1.165, 1.54) is 0 Å². The maximum absolute atomic E-state index is 11.5. The second-order valence-electron chi connectivity index (χ2n) is 6.51. The highest BCUT2D eigenvalue weighted by Crippen LogP contribution is 2.30. The van der Waals surface area contributed by atoms with E-state index in [1.807, 2.05) is 43.3 Å². The number of hydrogen-bond donors (Lipinski definition) is 4. The summed E-state index contributed by atoms with van der Waals surface area (Å²) in [5.41, 5.74) is 12.8. The lowest BCUT2D eigenvalue weighted by atomic mass is 10.0. The summed E-state index contributed by atoms with van der Waals surface area (Å²) < 4.78 is 5.52. The van der Waals surface area contributed by atoms with Gasteiger partial charge in [-0.05, 0) is 60.4 Å². The van der Waals surface area contributed by atoms with Crippen LogP contribution in [-0.4, -0.2) is 22.3 Å². The van der Waals surface area contributed by atoms with Crippen LogP contribution in [0.4, 0.5) is 5.69 Å². The molecule has 3 rings (SSSR count). The normalized spacial score (nSPS) is 14.5. The first-order valence-electron chi connectivity index (χ1n) is 8.66. The zero-order chi connectivity index (χ0) is 20.3. The van der Waals surface area contributed by atoms with Crippen molar-refractivity contribution in [1.29, 1.82) is 0 Å². The Morgan fingerprint density at radius 3 is 2.82 bits per heavy atom. The van der Waals surface area contributed by atoms with E-state index in [4.69, 9.17) is 16.3 Å². The zero-order valence-electron chi connectivity index (χ0n) is 15.3. The number of ether oxygens (including phenoxy) is 1. The number of benzene rings is 2. The second kappa shape index (κ2) is 8.61. The lowest BCUT2D eigenvalue weighted by molar-refractivity contribution is -0.118. The average molecular weight is 492 g/mol. The number of carbonyl (C=O) groups excluding carboxylic acids is 2. The molecular formula is C20H21IN4O3. The van der Waals surface area contributed by atoms with Gasteiger partial charge >= 0.3 is 0 Å². The molecule has 7 nitrogen and oxygen atoms in total. The summed E-state index contributed by atoms with van der Waals surface area (Å²) in [6, 6.07) is 11.2. The molecule has 2 aromatic rings. The molecule has 0 fully saturated rings. The van der Waals surface area contributed by atoms with Crippen LogP contribution in [0.5, 0.6) is 5.75 Å². The number of primary amides is 1. The highest BCUT2D eigenvalue weighted by Gasteiger charge is 2.17. The van der Waals surface area contributed by atoms with E-state index in [0.29, 0.717) is 17.0 Å². The Morgan fingerprint density at radius 1 is 1.36 bits per heavy atom. The Labute approximate surface area is 176 Å². The molecule has 1 unspecified atom stereocenters. The van der Waals surface area contributed by atoms with E-state index in [2.05, 4.69) is 33.3 Å². The standard InChI is InChI=1S/C20H21IN4O3/c1-11-6-13(3-4-15(11)20(22)27)16(25-23)9-14(21)7-12-2-5-18-17(8-12)24-19(26)10-28-18/h2-6,8-9,14,25H,7,10,23H2,1H3,(H2,22,27)(H,24,26)/b16-9-. The summed E-state index contributed by atoms with van der Waals surface area (Å²) in [5.74, 6) is 5.80. The number of amides is 2. The third kappa shape index (κ3) is 4.63. The van der Waals surface area contributed by atoms with E-state index in [9.17, 15) is 9.59 Å². The lowest BCUT2D eigenvalue weighted by Crippen LogP contribution is -2.25. The minimum absolute atomic E-state index is 0.0451. The van der Waals surface area contributed by atoms with Gasteiger partial charge in [0.05, 0.1) is 11.4 Å². The molecule has 2 aromatic carbocycles. The summed E-state index contributed by atoms with van der Waals surface area (Å²) in [6.45, 7) is 1.88. The minimum atomic E-state index is -0.453. The van der Waals surface area contributed by atoms with Gasteiger partial charge in [0.1, 0.15) is 5.75 Å². The fourth-order valence-electron chi connectivity index (χ4n) is 3.06. The van der Waals surface area contributed by atoms with Crippen LogP contribution < -0.4 is 27.1 Å². The number of hydrogen-bond acceptors (Lipinski definition) is 5. The molecule has 0 saturated carbocycles. The van der Waals surface area contributed by atoms with Gasteiger partial charge < -0.3 is 21.2 Å². The number of carbonyl (C=O) groups is 2. The van der Waals surface area contributed by atoms with Gasteiger partial charge in [-0.1, -0.05) is 34.7 Å². The SMILES string of the molecule is Cc1cc(/C(=C/C(I)Cc2ccc3c(c2)NC(=O)CO3)NN)ccc1C(N)=O. The van der Waals surface area contributed by atoms with Crippen molar-refractivity contribution in [3.05, 3.63) is 64.7 Å². The number of hydrazine groups is 1. The van der Waals surface area contributed by atoms with Crippen molar-refractivity contribution >= 4 is 45.8 Å². The van der Waals surface area contributed by atoms with E-state index in [0.717, 1.165) is 28.8 Å². The quantitative estimate of drug-likeness (QED) is 0.214. The number of rotatable bonds is 6. The average Bonchev–Trinajstić information content (AvgIpc) is 2.65. The number of fused-ring (bicyclic) bond motifs is 1. The van der Waals surface area contributed by atoms with Crippen LogP contribution in [0.15, 0.2) is 42.5 Å². The van der Waals surface area contributed by atoms with Gasteiger partial charge in [0.25, 0.3) is 5.91 Å². The van der Waals surface area contributed by atoms with E-state index in [1.54, 1.807) is 6.07 Å². The van der Waals surface area contributed by atoms with Crippen molar-refractivity contribution in [3.63, 3.8) is 0 Å². The fraction of sp³-hybridized carbons (Fsp3) is 0.200. The summed E-state index contributed by atoms with van der Waals surface area (Å²) in [4.78, 5) is 22.9. The van der Waals surface area contributed by atoms with E-state index < -0.39 is 5.91 Å². The molecule has 28 heavy (non-hydrogen) atoms. The number of nitrogens with one attached hydrogen (secondary N) is 2. The molecule has 0 spiro atoms. The number of alkyl halides is 1. The van der Waals surface area contributed by atoms with Crippen LogP contribution in [0.3, 0.4) is 0 Å². The van der Waals surface area contributed by atoms with Crippen molar-refractivity contribution < 1.29 is 14.3 Å². The van der Waals surface area contributed by atoms with Gasteiger partial charge in [0.2, 0.25) is 5.91 Å². The summed E-state index contributed by atoms with van der Waals surface area (Å²) in [7, 11) is 0. The van der Waals surface area contributed by atoms with Crippen LogP contribution >= 0.6 is 22.6 Å². The summed E-state index contributed by atoms with van der Waals surface area (Å²) in [5, 5.41) is 2.82. The number of nitrogens with two attached hydrogens (primary N) is 2. The van der Waals surface area contributed by atoms with Crippen LogP contribution in [0, 0.1) is 6.92 Å². The van der Waals surface area contributed by atoms with Crippen molar-refractivity contribution in [2.75, 3.05) is 11.9 Å². The molecular weight excluding hydrogens is 471 g/mol. The molecule has 146 valence electrons. The monoisotopic (exact) mass is 492 g/mol. The Hall–Kier alpha value is -2.59. The number of allylic oxidation sites excluding steroid dienone is 1. The Balaban J connectivity index is 1.78. The predicted octanol–water partition coefficient (Wildman–Crippen LogP) is 2.28. The molecule has 8 heteroatoms. The zero-order valence-corrected chi connectivity index (χ0v) is 17.4. The smallest absolute Gasteiger partial charge is 0.262 e. The van der Waals surface area contributed by atoms with Crippen molar-refractivity contribution in [2.45, 2.75) is 17.3 Å². The Kier molecular flexibility index (Phi) is 6.20. The molecule has 2 amide bonds. The molecule has 0 saturated heterocycles. The highest BCUT2D eigenvalue weighted by molar-refractivity contribution is 14.1. The molecule has 1 atom stereocenters. The predicted molar refractivity (Wildman–Crippen MR) is 117 cm³/mol. The van der Waals surface area contributed by atoms with Crippen LogP contribution in [-0.2, 0) is 11.2 Å². The van der Waals surface area contributed by atoms with Gasteiger partial charge in [0, 0.05) is 9.49 Å². The van der Waals surface area contributed by atoms with Gasteiger partial charge in [0.15, 0.2) is 6.61 Å². The van der Waals surface area contributed by atoms with Crippen molar-refractivity contribution in [1.82, 2.24) is 5.43 Å². The van der Waals surface area contributed by atoms with Crippen molar-refractivity contribution in [3.8, 4) is 5.75 Å². The van der Waals surface area contributed by atoms with Crippen LogP contribution in [0.25, 0.3) is 5.70 Å². The number of anilines is 1. The lowest BCUT2D eigenvalue weighted by Gasteiger charge is -2.19. The third-order valence-electron chi connectivity index (χ3n) is 4.41. The van der Waals surface area contributed by atoms with Gasteiger partial charge in [-0.15, -0.1) is 0 Å². The molecule has 1 heterocycles. The Bertz CT molecular complexity index is 958. The maximum atomic E-state index is 11.5. The summed E-state index contributed by atoms with van der Waals surface area (Å²) in [6.07, 6.45) is 2.76. The molecule has 1 aliphatic rings. The molecule has 6 N–H and O–H groups in total. The Morgan fingerprint density at radius 2 is 2.14 bits per heavy atom. The molecule has 0 radical (unpaired) electrons. The molecule has 0 aromatic heterocycles. The maximum Gasteiger partial charge on any atom is 0.262 e. The number of halogens is 1. The van der Waals surface area contributed by atoms with E-state index >= 15 is 0 Å².